The highest BCUT2D eigenvalue weighted by Gasteiger charge is 2.44. The predicted molar refractivity (Wildman–Crippen MR) is 144 cm³/mol. The molecule has 1 fully saturated rings. The first-order valence-electron chi connectivity index (χ1n) is 12.2. The minimum absolute atomic E-state index is 0.0587. The molecule has 0 spiro atoms. The average Bonchev–Trinajstić information content (AvgIpc) is 3.56. The van der Waals surface area contributed by atoms with Crippen LogP contribution in [0, 0.1) is 5.92 Å². The number of rotatable bonds is 10. The molecule has 1 aromatic carbocycles. The number of ether oxygens (including phenoxy) is 1. The maximum atomic E-state index is 13.2. The van der Waals surface area contributed by atoms with Gasteiger partial charge in [-0.15, -0.1) is 10.2 Å². The van der Waals surface area contributed by atoms with Crippen molar-refractivity contribution in [3.05, 3.63) is 63.2 Å². The lowest BCUT2D eigenvalue weighted by atomic mass is 9.79. The standard InChI is InChI=1S/C26H28ClN3O5S2/c1-3-16(4-2)22(32)28-24-29-30-25(37-24)36-15-19-13-20(31)21(14-34-19)35-23(33)26(11-5-6-12-26)17-7-9-18(27)10-8-17/h7-10,13-14,16H,3-6,11-12,15H2,1-2H3,(H,28,29,32). The topological polar surface area (TPSA) is 111 Å². The van der Waals surface area contributed by atoms with Gasteiger partial charge < -0.3 is 14.5 Å². The fourth-order valence-corrected chi connectivity index (χ4v) is 6.23. The van der Waals surface area contributed by atoms with Gasteiger partial charge in [0.1, 0.15) is 12.0 Å². The quantitative estimate of drug-likeness (QED) is 0.176. The molecule has 0 radical (unpaired) electrons. The molecule has 0 saturated heterocycles. The molecular weight excluding hydrogens is 534 g/mol. The maximum Gasteiger partial charge on any atom is 0.322 e. The van der Waals surface area contributed by atoms with Gasteiger partial charge in [0, 0.05) is 17.0 Å². The van der Waals surface area contributed by atoms with Gasteiger partial charge >= 0.3 is 5.97 Å². The number of thioether (sulfide) groups is 1. The van der Waals surface area contributed by atoms with Crippen molar-refractivity contribution in [2.75, 3.05) is 5.32 Å². The van der Waals surface area contributed by atoms with Crippen molar-refractivity contribution in [1.82, 2.24) is 10.2 Å². The summed E-state index contributed by atoms with van der Waals surface area (Å²) in [6.45, 7) is 3.95. The molecule has 11 heteroatoms. The van der Waals surface area contributed by atoms with Crippen molar-refractivity contribution < 1.29 is 18.7 Å². The van der Waals surface area contributed by atoms with E-state index >= 15 is 0 Å². The van der Waals surface area contributed by atoms with E-state index in [1.807, 2.05) is 26.0 Å². The molecular formula is C26H28ClN3O5S2. The number of hydrogen-bond donors (Lipinski definition) is 1. The number of carbonyl (C=O) groups is 2. The summed E-state index contributed by atoms with van der Waals surface area (Å²) in [5.41, 5.74) is -0.399. The number of esters is 1. The van der Waals surface area contributed by atoms with Gasteiger partial charge in [0.05, 0.1) is 11.2 Å². The normalized spacial score (nSPS) is 14.6. The Morgan fingerprint density at radius 1 is 1.19 bits per heavy atom. The van der Waals surface area contributed by atoms with Gasteiger partial charge in [-0.2, -0.15) is 0 Å². The first kappa shape index (κ1) is 27.3. The van der Waals surface area contributed by atoms with Gasteiger partial charge in [0.2, 0.25) is 22.2 Å². The van der Waals surface area contributed by atoms with E-state index in [-0.39, 0.29) is 17.6 Å². The highest BCUT2D eigenvalue weighted by molar-refractivity contribution is 8.00. The van der Waals surface area contributed by atoms with Gasteiger partial charge in [-0.3, -0.25) is 14.4 Å². The van der Waals surface area contributed by atoms with Crippen LogP contribution in [0.3, 0.4) is 0 Å². The largest absolute Gasteiger partial charge is 0.464 e. The summed E-state index contributed by atoms with van der Waals surface area (Å²) >= 11 is 8.61. The molecule has 2 heterocycles. The van der Waals surface area contributed by atoms with Crippen LogP contribution in [0.15, 0.2) is 50.1 Å². The molecule has 0 unspecified atom stereocenters. The van der Waals surface area contributed by atoms with E-state index in [0.717, 1.165) is 31.2 Å². The zero-order chi connectivity index (χ0) is 26.4. The molecule has 8 nitrogen and oxygen atoms in total. The zero-order valence-electron chi connectivity index (χ0n) is 20.6. The Morgan fingerprint density at radius 3 is 2.54 bits per heavy atom. The summed E-state index contributed by atoms with van der Waals surface area (Å²) < 4.78 is 11.8. The van der Waals surface area contributed by atoms with E-state index in [0.29, 0.717) is 38.8 Å². The molecule has 0 aliphatic heterocycles. The molecule has 37 heavy (non-hydrogen) atoms. The predicted octanol–water partition coefficient (Wildman–Crippen LogP) is 6.23. The number of nitrogens with one attached hydrogen (secondary N) is 1. The Hall–Kier alpha value is -2.69. The summed E-state index contributed by atoms with van der Waals surface area (Å²) in [4.78, 5) is 38.2. The number of halogens is 1. The Labute approximate surface area is 228 Å². The van der Waals surface area contributed by atoms with Gasteiger partial charge in [0.25, 0.3) is 0 Å². The van der Waals surface area contributed by atoms with Crippen LogP contribution in [0.25, 0.3) is 0 Å². The smallest absolute Gasteiger partial charge is 0.322 e. The van der Waals surface area contributed by atoms with Gasteiger partial charge in [-0.05, 0) is 43.4 Å². The second-order valence-corrected chi connectivity index (χ2v) is 11.6. The molecule has 196 valence electrons. The minimum Gasteiger partial charge on any atom is -0.464 e. The van der Waals surface area contributed by atoms with Crippen LogP contribution in [-0.4, -0.2) is 22.1 Å². The second-order valence-electron chi connectivity index (χ2n) is 8.92. The summed E-state index contributed by atoms with van der Waals surface area (Å²) in [6, 6.07) is 8.51. The van der Waals surface area contributed by atoms with Crippen molar-refractivity contribution in [3.8, 4) is 5.75 Å². The summed E-state index contributed by atoms with van der Waals surface area (Å²) in [7, 11) is 0. The molecule has 0 bridgehead atoms. The van der Waals surface area contributed by atoms with Crippen molar-refractivity contribution in [1.29, 1.82) is 0 Å². The van der Waals surface area contributed by atoms with Crippen LogP contribution in [0.4, 0.5) is 5.13 Å². The van der Waals surface area contributed by atoms with Crippen molar-refractivity contribution in [2.45, 2.75) is 67.9 Å². The molecule has 3 aromatic rings. The minimum atomic E-state index is -0.801. The summed E-state index contributed by atoms with van der Waals surface area (Å²) in [5.74, 6) is 0.00880. The van der Waals surface area contributed by atoms with E-state index < -0.39 is 16.8 Å². The number of carbonyl (C=O) groups excluding carboxylic acids is 2. The van der Waals surface area contributed by atoms with E-state index in [1.165, 1.54) is 35.4 Å². The number of hydrogen-bond acceptors (Lipinski definition) is 9. The Balaban J connectivity index is 1.38. The molecule has 1 aliphatic rings. The lowest BCUT2D eigenvalue weighted by Gasteiger charge is -2.26. The monoisotopic (exact) mass is 561 g/mol. The lowest BCUT2D eigenvalue weighted by Crippen LogP contribution is -2.37. The number of aromatic nitrogens is 2. The number of benzene rings is 1. The Kier molecular flexibility index (Phi) is 9.04. The molecule has 1 amide bonds. The molecule has 0 atom stereocenters. The fraction of sp³-hybridized carbons (Fsp3) is 0.423. The van der Waals surface area contributed by atoms with Crippen LogP contribution >= 0.6 is 34.7 Å². The van der Waals surface area contributed by atoms with Crippen molar-refractivity contribution >= 4 is 51.7 Å². The molecule has 1 N–H and O–H groups in total. The van der Waals surface area contributed by atoms with Crippen LogP contribution in [0.2, 0.25) is 5.02 Å². The van der Waals surface area contributed by atoms with Gasteiger partial charge in [-0.25, -0.2) is 0 Å². The third kappa shape index (κ3) is 6.42. The SMILES string of the molecule is CCC(CC)C(=O)Nc1nnc(SCc2cc(=O)c(OC(=O)C3(c4ccc(Cl)cc4)CCCC3)co2)s1. The highest BCUT2D eigenvalue weighted by atomic mass is 35.5. The van der Waals surface area contributed by atoms with Gasteiger partial charge in [0.15, 0.2) is 4.34 Å². The van der Waals surface area contributed by atoms with E-state index in [2.05, 4.69) is 15.5 Å². The van der Waals surface area contributed by atoms with Gasteiger partial charge in [-0.1, -0.05) is 73.5 Å². The summed E-state index contributed by atoms with van der Waals surface area (Å²) in [6.07, 6.45) is 5.80. The first-order valence-corrected chi connectivity index (χ1v) is 14.4. The van der Waals surface area contributed by atoms with Crippen LogP contribution in [-0.2, 0) is 20.8 Å². The molecule has 1 saturated carbocycles. The molecule has 2 aromatic heterocycles. The highest BCUT2D eigenvalue weighted by Crippen LogP contribution is 2.42. The molecule has 4 rings (SSSR count). The fourth-order valence-electron chi connectivity index (χ4n) is 4.46. The van der Waals surface area contributed by atoms with Crippen LogP contribution < -0.4 is 15.5 Å². The van der Waals surface area contributed by atoms with E-state index in [4.69, 9.17) is 20.8 Å². The van der Waals surface area contributed by atoms with E-state index in [1.54, 1.807) is 12.1 Å². The Bertz CT molecular complexity index is 1300. The lowest BCUT2D eigenvalue weighted by molar-refractivity contribution is -0.141. The number of nitrogens with zero attached hydrogens (tertiary/aromatic N) is 2. The maximum absolute atomic E-state index is 13.2. The zero-order valence-corrected chi connectivity index (χ0v) is 23.0. The number of anilines is 1. The first-order chi connectivity index (χ1) is 17.8. The van der Waals surface area contributed by atoms with E-state index in [9.17, 15) is 14.4 Å². The van der Waals surface area contributed by atoms with Crippen LogP contribution in [0.5, 0.6) is 5.75 Å². The van der Waals surface area contributed by atoms with Crippen molar-refractivity contribution in [3.63, 3.8) is 0 Å². The third-order valence-corrected chi connectivity index (χ3v) is 8.88. The van der Waals surface area contributed by atoms with Crippen LogP contribution in [0.1, 0.15) is 63.7 Å². The third-order valence-electron chi connectivity index (χ3n) is 6.63. The summed E-state index contributed by atoms with van der Waals surface area (Å²) in [5, 5.41) is 11.9. The Morgan fingerprint density at radius 2 is 1.89 bits per heavy atom. The molecule has 1 aliphatic carbocycles. The van der Waals surface area contributed by atoms with Crippen molar-refractivity contribution in [2.24, 2.45) is 5.92 Å². The number of amides is 1. The average molecular weight is 562 g/mol. The second kappa shape index (κ2) is 12.2.